The Balaban J connectivity index is 2.41. The van der Waals surface area contributed by atoms with Crippen LogP contribution in [0.1, 0.15) is 16.1 Å². The number of rotatable bonds is 5. The van der Waals surface area contributed by atoms with Gasteiger partial charge >= 0.3 is 5.97 Å². The fraction of sp³-hybridized carbons (Fsp3) is 0.312. The molecule has 0 radical (unpaired) electrons. The summed E-state index contributed by atoms with van der Waals surface area (Å²) in [6.45, 7) is 3.50. The molecule has 0 saturated carbocycles. The lowest BCUT2D eigenvalue weighted by atomic mass is 10.1. The van der Waals surface area contributed by atoms with Crippen LogP contribution in [-0.4, -0.2) is 41.2 Å². The first-order valence-corrected chi connectivity index (χ1v) is 6.63. The number of aromatic carboxylic acids is 1. The van der Waals surface area contributed by atoms with Gasteiger partial charge < -0.3 is 14.6 Å². The maximum Gasteiger partial charge on any atom is 0.352 e. The first kappa shape index (κ1) is 14.3. The Morgan fingerprint density at radius 3 is 2.35 bits per heavy atom. The maximum atomic E-state index is 11.3. The molecule has 1 N–H and O–H groups in total. The van der Waals surface area contributed by atoms with Gasteiger partial charge in [-0.2, -0.15) is 0 Å². The van der Waals surface area contributed by atoms with E-state index >= 15 is 0 Å². The number of aryl methyl sites for hydroxylation is 1. The molecule has 2 aromatic rings. The van der Waals surface area contributed by atoms with E-state index in [9.17, 15) is 9.90 Å². The number of carboxylic acids is 1. The summed E-state index contributed by atoms with van der Waals surface area (Å²) < 4.78 is 1.87. The van der Waals surface area contributed by atoms with E-state index in [1.807, 2.05) is 60.8 Å². The van der Waals surface area contributed by atoms with Crippen LogP contribution in [0.3, 0.4) is 0 Å². The quantitative estimate of drug-likeness (QED) is 0.910. The SMILES string of the molecule is Cc1ccc(-c2ccc(C(=O)O)n2CCN(C)C)cc1. The van der Waals surface area contributed by atoms with E-state index < -0.39 is 5.97 Å². The lowest BCUT2D eigenvalue weighted by Gasteiger charge is -2.15. The van der Waals surface area contributed by atoms with E-state index in [0.29, 0.717) is 12.2 Å². The van der Waals surface area contributed by atoms with Gasteiger partial charge in [0.05, 0.1) is 0 Å². The second-order valence-electron chi connectivity index (χ2n) is 5.23. The number of nitrogens with zero attached hydrogens (tertiary/aromatic N) is 2. The fourth-order valence-electron chi connectivity index (χ4n) is 2.17. The lowest BCUT2D eigenvalue weighted by Crippen LogP contribution is -2.21. The molecule has 0 atom stereocenters. The van der Waals surface area contributed by atoms with Crippen molar-refractivity contribution in [3.8, 4) is 11.3 Å². The first-order valence-electron chi connectivity index (χ1n) is 6.63. The Labute approximate surface area is 119 Å². The number of benzene rings is 1. The lowest BCUT2D eigenvalue weighted by molar-refractivity contribution is 0.0684. The predicted molar refractivity (Wildman–Crippen MR) is 80.1 cm³/mol. The number of hydrogen-bond acceptors (Lipinski definition) is 2. The Morgan fingerprint density at radius 1 is 1.15 bits per heavy atom. The molecule has 106 valence electrons. The van der Waals surface area contributed by atoms with Crippen LogP contribution in [0.15, 0.2) is 36.4 Å². The molecule has 20 heavy (non-hydrogen) atoms. The summed E-state index contributed by atoms with van der Waals surface area (Å²) in [6.07, 6.45) is 0. The van der Waals surface area contributed by atoms with Crippen molar-refractivity contribution in [2.45, 2.75) is 13.5 Å². The molecule has 0 unspecified atom stereocenters. The van der Waals surface area contributed by atoms with Gasteiger partial charge in [0.1, 0.15) is 5.69 Å². The van der Waals surface area contributed by atoms with Crippen LogP contribution in [0.4, 0.5) is 0 Å². The molecule has 4 heteroatoms. The van der Waals surface area contributed by atoms with Gasteiger partial charge in [-0.05, 0) is 38.7 Å². The standard InChI is InChI=1S/C16H20N2O2/c1-12-4-6-13(7-5-12)14-8-9-15(16(19)20)18(14)11-10-17(2)3/h4-9H,10-11H2,1-3H3,(H,19,20). The molecule has 0 spiro atoms. The van der Waals surface area contributed by atoms with Crippen LogP contribution in [0, 0.1) is 6.92 Å². The summed E-state index contributed by atoms with van der Waals surface area (Å²) in [7, 11) is 3.96. The molecule has 1 aromatic carbocycles. The van der Waals surface area contributed by atoms with E-state index in [1.54, 1.807) is 6.07 Å². The number of carboxylic acid groups (broad SMARTS) is 1. The van der Waals surface area contributed by atoms with Gasteiger partial charge in [0.2, 0.25) is 0 Å². The van der Waals surface area contributed by atoms with Crippen molar-refractivity contribution < 1.29 is 9.90 Å². The highest BCUT2D eigenvalue weighted by Gasteiger charge is 2.15. The Hall–Kier alpha value is -2.07. The highest BCUT2D eigenvalue weighted by molar-refractivity contribution is 5.87. The van der Waals surface area contributed by atoms with Crippen molar-refractivity contribution in [3.63, 3.8) is 0 Å². The van der Waals surface area contributed by atoms with Crippen molar-refractivity contribution in [3.05, 3.63) is 47.7 Å². The molecular formula is C16H20N2O2. The average Bonchev–Trinajstić information content (AvgIpc) is 2.81. The van der Waals surface area contributed by atoms with Crippen LogP contribution in [0.2, 0.25) is 0 Å². The van der Waals surface area contributed by atoms with Gasteiger partial charge in [-0.15, -0.1) is 0 Å². The zero-order chi connectivity index (χ0) is 14.7. The second kappa shape index (κ2) is 5.92. The summed E-state index contributed by atoms with van der Waals surface area (Å²) in [5, 5.41) is 9.30. The van der Waals surface area contributed by atoms with E-state index in [1.165, 1.54) is 5.56 Å². The molecule has 0 bridgehead atoms. The highest BCUT2D eigenvalue weighted by Crippen LogP contribution is 2.23. The normalized spacial score (nSPS) is 11.0. The maximum absolute atomic E-state index is 11.3. The van der Waals surface area contributed by atoms with Gasteiger partial charge in [-0.3, -0.25) is 0 Å². The van der Waals surface area contributed by atoms with Crippen molar-refractivity contribution >= 4 is 5.97 Å². The Bertz CT molecular complexity index is 597. The molecule has 0 aliphatic carbocycles. The number of likely N-dealkylation sites (N-methyl/N-ethyl adjacent to an activating group) is 1. The highest BCUT2D eigenvalue weighted by atomic mass is 16.4. The largest absolute Gasteiger partial charge is 0.477 e. The van der Waals surface area contributed by atoms with E-state index in [-0.39, 0.29) is 0 Å². The number of carbonyl (C=O) groups is 1. The minimum atomic E-state index is -0.887. The van der Waals surface area contributed by atoms with E-state index in [0.717, 1.165) is 17.8 Å². The monoisotopic (exact) mass is 272 g/mol. The predicted octanol–water partition coefficient (Wildman–Crippen LogP) is 2.72. The van der Waals surface area contributed by atoms with Gasteiger partial charge in [0.15, 0.2) is 0 Å². The van der Waals surface area contributed by atoms with Crippen LogP contribution in [0.5, 0.6) is 0 Å². The van der Waals surface area contributed by atoms with Crippen molar-refractivity contribution in [1.29, 1.82) is 0 Å². The third kappa shape index (κ3) is 3.08. The molecule has 0 amide bonds. The summed E-state index contributed by atoms with van der Waals surface area (Å²) in [5.41, 5.74) is 3.52. The molecule has 2 rings (SSSR count). The Kier molecular flexibility index (Phi) is 4.25. The van der Waals surface area contributed by atoms with Gasteiger partial charge in [-0.1, -0.05) is 29.8 Å². The number of aromatic nitrogens is 1. The molecule has 1 heterocycles. The minimum Gasteiger partial charge on any atom is -0.477 e. The fourth-order valence-corrected chi connectivity index (χ4v) is 2.17. The first-order chi connectivity index (χ1) is 9.49. The summed E-state index contributed by atoms with van der Waals surface area (Å²) in [6, 6.07) is 11.7. The summed E-state index contributed by atoms with van der Waals surface area (Å²) in [5.74, 6) is -0.887. The molecule has 0 fully saturated rings. The van der Waals surface area contributed by atoms with Crippen LogP contribution in [0.25, 0.3) is 11.3 Å². The molecule has 0 saturated heterocycles. The van der Waals surface area contributed by atoms with Gasteiger partial charge in [-0.25, -0.2) is 4.79 Å². The van der Waals surface area contributed by atoms with Crippen molar-refractivity contribution in [1.82, 2.24) is 9.47 Å². The average molecular weight is 272 g/mol. The zero-order valence-corrected chi connectivity index (χ0v) is 12.1. The van der Waals surface area contributed by atoms with Crippen LogP contribution < -0.4 is 0 Å². The van der Waals surface area contributed by atoms with Crippen molar-refractivity contribution in [2.24, 2.45) is 0 Å². The van der Waals surface area contributed by atoms with Gasteiger partial charge in [0.25, 0.3) is 0 Å². The molecule has 0 aliphatic rings. The van der Waals surface area contributed by atoms with Crippen molar-refractivity contribution in [2.75, 3.05) is 20.6 Å². The molecule has 4 nitrogen and oxygen atoms in total. The van der Waals surface area contributed by atoms with Gasteiger partial charge in [0, 0.05) is 18.8 Å². The summed E-state index contributed by atoms with van der Waals surface area (Å²) in [4.78, 5) is 13.4. The third-order valence-electron chi connectivity index (χ3n) is 3.32. The third-order valence-corrected chi connectivity index (χ3v) is 3.32. The topological polar surface area (TPSA) is 45.5 Å². The smallest absolute Gasteiger partial charge is 0.352 e. The molecule has 0 aliphatic heterocycles. The van der Waals surface area contributed by atoms with E-state index in [2.05, 4.69) is 0 Å². The zero-order valence-electron chi connectivity index (χ0n) is 12.1. The molecule has 1 aromatic heterocycles. The number of hydrogen-bond donors (Lipinski definition) is 1. The van der Waals surface area contributed by atoms with Crippen LogP contribution in [-0.2, 0) is 6.54 Å². The van der Waals surface area contributed by atoms with Crippen LogP contribution >= 0.6 is 0 Å². The minimum absolute atomic E-state index is 0.336. The molecular weight excluding hydrogens is 252 g/mol. The second-order valence-corrected chi connectivity index (χ2v) is 5.23. The summed E-state index contributed by atoms with van der Waals surface area (Å²) >= 11 is 0. The Morgan fingerprint density at radius 2 is 1.80 bits per heavy atom. The van der Waals surface area contributed by atoms with E-state index in [4.69, 9.17) is 0 Å².